The lowest BCUT2D eigenvalue weighted by molar-refractivity contribution is 0.0528. The van der Waals surface area contributed by atoms with Crippen molar-refractivity contribution >= 4 is 11.6 Å². The summed E-state index contributed by atoms with van der Waals surface area (Å²) in [6.07, 6.45) is 1.43. The van der Waals surface area contributed by atoms with E-state index >= 15 is 0 Å². The third kappa shape index (κ3) is 4.88. The summed E-state index contributed by atoms with van der Waals surface area (Å²) < 4.78 is 16.5. The lowest BCUT2D eigenvalue weighted by atomic mass is 10.3. The molecule has 0 fully saturated rings. The zero-order chi connectivity index (χ0) is 18.2. The maximum absolute atomic E-state index is 12.3. The van der Waals surface area contributed by atoms with Crippen LogP contribution in [0.3, 0.4) is 0 Å². The predicted octanol–water partition coefficient (Wildman–Crippen LogP) is 0.294. The zero-order valence-electron chi connectivity index (χ0n) is 14.8. The second-order valence-corrected chi connectivity index (χ2v) is 5.41. The van der Waals surface area contributed by atoms with Gasteiger partial charge < -0.3 is 14.2 Å². The molecule has 1 N–H and O–H groups in total. The minimum absolute atomic E-state index is 0.237. The summed E-state index contributed by atoms with van der Waals surface area (Å²) in [4.78, 5) is 30.8. The number of fused-ring (bicyclic) bond motifs is 1. The van der Waals surface area contributed by atoms with Gasteiger partial charge in [-0.25, -0.2) is 14.3 Å². The number of carbonyl (C=O) groups is 1. The number of carbonyl (C=O) groups excluding carboxylic acids is 1. The summed E-state index contributed by atoms with van der Waals surface area (Å²) in [6.45, 7) is 4.90. The highest BCUT2D eigenvalue weighted by Gasteiger charge is 2.17. The number of methoxy groups -OCH3 is 2. The van der Waals surface area contributed by atoms with Crippen molar-refractivity contribution in [1.82, 2.24) is 19.5 Å². The average Bonchev–Trinajstić information content (AvgIpc) is 3.02. The summed E-state index contributed by atoms with van der Waals surface area (Å²) >= 11 is 0. The lowest BCUT2D eigenvalue weighted by Crippen LogP contribution is -2.31. The van der Waals surface area contributed by atoms with Crippen molar-refractivity contribution in [2.45, 2.75) is 13.5 Å². The summed E-state index contributed by atoms with van der Waals surface area (Å²) in [7, 11) is 3.27. The first-order valence-electron chi connectivity index (χ1n) is 8.08. The van der Waals surface area contributed by atoms with Gasteiger partial charge in [-0.1, -0.05) is 0 Å². The fourth-order valence-corrected chi connectivity index (χ4v) is 2.41. The Kier molecular flexibility index (Phi) is 7.11. The number of H-pyrrole nitrogens is 1. The van der Waals surface area contributed by atoms with Gasteiger partial charge in [-0.15, -0.1) is 0 Å². The van der Waals surface area contributed by atoms with Crippen molar-refractivity contribution < 1.29 is 19.0 Å². The van der Waals surface area contributed by atoms with Gasteiger partial charge in [-0.3, -0.25) is 14.8 Å². The Labute approximate surface area is 145 Å². The van der Waals surface area contributed by atoms with E-state index in [0.717, 1.165) is 0 Å². The molecule has 0 saturated carbocycles. The largest absolute Gasteiger partial charge is 0.462 e. The van der Waals surface area contributed by atoms with Crippen molar-refractivity contribution in [2.75, 3.05) is 47.1 Å². The quantitative estimate of drug-likeness (QED) is 0.614. The third-order valence-corrected chi connectivity index (χ3v) is 3.65. The smallest absolute Gasteiger partial charge is 0.343 e. The second kappa shape index (κ2) is 9.30. The molecule has 0 aliphatic heterocycles. The van der Waals surface area contributed by atoms with Crippen molar-refractivity contribution in [3.8, 4) is 0 Å². The van der Waals surface area contributed by atoms with E-state index in [9.17, 15) is 9.59 Å². The van der Waals surface area contributed by atoms with E-state index in [1.807, 2.05) is 0 Å². The van der Waals surface area contributed by atoms with Crippen LogP contribution in [0.4, 0.5) is 0 Å². The van der Waals surface area contributed by atoms with Gasteiger partial charge in [0.1, 0.15) is 5.56 Å². The van der Waals surface area contributed by atoms with E-state index in [-0.39, 0.29) is 23.4 Å². The van der Waals surface area contributed by atoms with E-state index in [2.05, 4.69) is 15.0 Å². The van der Waals surface area contributed by atoms with Crippen LogP contribution < -0.4 is 5.56 Å². The molecule has 0 radical (unpaired) electrons. The summed E-state index contributed by atoms with van der Waals surface area (Å²) in [6, 6.07) is 1.45. The van der Waals surface area contributed by atoms with Crippen LogP contribution in [0, 0.1) is 0 Å². The van der Waals surface area contributed by atoms with Crippen LogP contribution in [0.1, 0.15) is 23.0 Å². The van der Waals surface area contributed by atoms with Gasteiger partial charge in [0.25, 0.3) is 5.56 Å². The van der Waals surface area contributed by atoms with E-state index in [4.69, 9.17) is 14.2 Å². The van der Waals surface area contributed by atoms with Gasteiger partial charge in [-0.05, 0) is 6.92 Å². The van der Waals surface area contributed by atoms with Crippen LogP contribution in [0.5, 0.6) is 0 Å². The first-order chi connectivity index (χ1) is 12.1. The highest BCUT2D eigenvalue weighted by atomic mass is 16.5. The molecule has 2 heterocycles. The van der Waals surface area contributed by atoms with Crippen LogP contribution >= 0.6 is 0 Å². The Morgan fingerprint density at radius 2 is 1.96 bits per heavy atom. The van der Waals surface area contributed by atoms with Crippen molar-refractivity contribution in [1.29, 1.82) is 0 Å². The third-order valence-electron chi connectivity index (χ3n) is 3.65. The molecule has 0 aromatic carbocycles. The van der Waals surface area contributed by atoms with Crippen LogP contribution in [0.15, 0.2) is 17.1 Å². The number of nitrogens with one attached hydrogen (secondary N) is 1. The SMILES string of the molecule is CCOC(=O)c1c[nH]n2c(=O)cc(CN(CCOC)CCOC)nc12. The maximum atomic E-state index is 12.3. The van der Waals surface area contributed by atoms with E-state index in [1.54, 1.807) is 21.1 Å². The Morgan fingerprint density at radius 1 is 1.28 bits per heavy atom. The molecule has 0 saturated heterocycles. The van der Waals surface area contributed by atoms with Crippen LogP contribution in [0.25, 0.3) is 5.65 Å². The molecule has 0 amide bonds. The minimum Gasteiger partial charge on any atom is -0.462 e. The highest BCUT2D eigenvalue weighted by molar-refractivity contribution is 5.95. The van der Waals surface area contributed by atoms with Crippen molar-refractivity contribution in [3.05, 3.63) is 33.9 Å². The molecule has 138 valence electrons. The lowest BCUT2D eigenvalue weighted by Gasteiger charge is -2.21. The second-order valence-electron chi connectivity index (χ2n) is 5.41. The van der Waals surface area contributed by atoms with Gasteiger partial charge in [0.05, 0.1) is 25.5 Å². The number of rotatable bonds is 10. The van der Waals surface area contributed by atoms with Gasteiger partial charge in [0.2, 0.25) is 0 Å². The molecule has 0 unspecified atom stereocenters. The monoisotopic (exact) mass is 352 g/mol. The fourth-order valence-electron chi connectivity index (χ4n) is 2.41. The summed E-state index contributed by atoms with van der Waals surface area (Å²) in [5.74, 6) is -0.513. The van der Waals surface area contributed by atoms with Crippen LogP contribution in [-0.4, -0.2) is 72.6 Å². The van der Waals surface area contributed by atoms with Crippen LogP contribution in [0.2, 0.25) is 0 Å². The molecular formula is C16H24N4O5. The summed E-state index contributed by atoms with van der Waals surface area (Å²) in [5, 5.41) is 2.73. The molecule has 9 nitrogen and oxygen atoms in total. The van der Waals surface area contributed by atoms with Gasteiger partial charge >= 0.3 is 5.97 Å². The van der Waals surface area contributed by atoms with E-state index in [1.165, 1.54) is 16.8 Å². The Hall–Kier alpha value is -2.23. The normalized spacial score (nSPS) is 11.4. The summed E-state index contributed by atoms with van der Waals surface area (Å²) in [5.41, 5.74) is 0.789. The Morgan fingerprint density at radius 3 is 2.56 bits per heavy atom. The predicted molar refractivity (Wildman–Crippen MR) is 90.8 cm³/mol. The number of aromatic nitrogens is 3. The number of hydrogen-bond donors (Lipinski definition) is 1. The first-order valence-corrected chi connectivity index (χ1v) is 8.08. The number of nitrogens with zero attached hydrogens (tertiary/aromatic N) is 3. The molecule has 0 bridgehead atoms. The maximum Gasteiger partial charge on any atom is 0.343 e. The molecule has 9 heteroatoms. The molecule has 0 aliphatic carbocycles. The molecule has 0 atom stereocenters. The zero-order valence-corrected chi connectivity index (χ0v) is 14.8. The van der Waals surface area contributed by atoms with Gasteiger partial charge in [0.15, 0.2) is 5.65 Å². The van der Waals surface area contributed by atoms with Gasteiger partial charge in [0, 0.05) is 46.1 Å². The van der Waals surface area contributed by atoms with Crippen molar-refractivity contribution in [3.63, 3.8) is 0 Å². The average molecular weight is 352 g/mol. The molecular weight excluding hydrogens is 328 g/mol. The fraction of sp³-hybridized carbons (Fsp3) is 0.562. The standard InChI is InChI=1S/C16H24N4O5/c1-4-25-16(22)13-10-17-20-14(21)9-12(18-15(13)20)11-19(5-7-23-2)6-8-24-3/h9-10,17H,4-8,11H2,1-3H3. The van der Waals surface area contributed by atoms with Gasteiger partial charge in [-0.2, -0.15) is 0 Å². The van der Waals surface area contributed by atoms with E-state index in [0.29, 0.717) is 38.5 Å². The molecule has 2 rings (SSSR count). The molecule has 25 heavy (non-hydrogen) atoms. The van der Waals surface area contributed by atoms with E-state index < -0.39 is 5.97 Å². The highest BCUT2D eigenvalue weighted by Crippen LogP contribution is 2.10. The topological polar surface area (TPSA) is 98.2 Å². The molecule has 0 spiro atoms. The molecule has 0 aliphatic rings. The van der Waals surface area contributed by atoms with Crippen LogP contribution in [-0.2, 0) is 20.8 Å². The number of aromatic amines is 1. The minimum atomic E-state index is -0.513. The molecule has 2 aromatic rings. The Balaban J connectivity index is 2.29. The van der Waals surface area contributed by atoms with Crippen molar-refractivity contribution in [2.24, 2.45) is 0 Å². The Bertz CT molecular complexity index is 747. The number of hydrogen-bond acceptors (Lipinski definition) is 7. The molecule has 2 aromatic heterocycles. The number of esters is 1. The number of ether oxygens (including phenoxy) is 3. The first kappa shape index (κ1) is 19.1.